The molecule has 4 nitrogen and oxygen atoms in total. The van der Waals surface area contributed by atoms with Crippen molar-refractivity contribution in [2.45, 2.75) is 51.4 Å². The van der Waals surface area contributed by atoms with Crippen molar-refractivity contribution < 1.29 is 9.47 Å². The number of nitrogens with zero attached hydrogens (tertiary/aromatic N) is 2. The molecule has 0 bridgehead atoms. The third kappa shape index (κ3) is 3.22. The van der Waals surface area contributed by atoms with E-state index in [9.17, 15) is 0 Å². The van der Waals surface area contributed by atoms with Gasteiger partial charge in [-0.15, -0.1) is 11.3 Å². The van der Waals surface area contributed by atoms with Gasteiger partial charge in [0.2, 0.25) is 0 Å². The lowest BCUT2D eigenvalue weighted by atomic mass is 9.89. The SMILES string of the molecule is CCO[C@H]1CO[C@@]2(CCCN(Cc3csc(C)n3)C2)C1. The molecule has 2 aliphatic rings. The zero-order valence-corrected chi connectivity index (χ0v) is 13.2. The van der Waals surface area contributed by atoms with Crippen molar-refractivity contribution in [3.63, 3.8) is 0 Å². The lowest BCUT2D eigenvalue weighted by Crippen LogP contribution is -2.47. The van der Waals surface area contributed by atoms with Crippen LogP contribution in [-0.2, 0) is 16.0 Å². The summed E-state index contributed by atoms with van der Waals surface area (Å²) in [6.07, 6.45) is 3.72. The van der Waals surface area contributed by atoms with Gasteiger partial charge in [-0.05, 0) is 33.2 Å². The molecule has 0 radical (unpaired) electrons. The molecule has 1 aromatic heterocycles. The van der Waals surface area contributed by atoms with E-state index >= 15 is 0 Å². The quantitative estimate of drug-likeness (QED) is 0.855. The number of ether oxygens (including phenoxy) is 2. The lowest BCUT2D eigenvalue weighted by Gasteiger charge is -2.39. The smallest absolute Gasteiger partial charge is 0.0897 e. The van der Waals surface area contributed by atoms with Crippen LogP contribution in [0.15, 0.2) is 5.38 Å². The van der Waals surface area contributed by atoms with Gasteiger partial charge in [0.05, 0.1) is 29.0 Å². The maximum Gasteiger partial charge on any atom is 0.0897 e. The first kappa shape index (κ1) is 14.4. The van der Waals surface area contributed by atoms with Crippen LogP contribution in [0.2, 0.25) is 0 Å². The van der Waals surface area contributed by atoms with E-state index in [1.54, 1.807) is 11.3 Å². The molecule has 0 unspecified atom stereocenters. The average Bonchev–Trinajstić information content (AvgIpc) is 2.98. The molecule has 3 rings (SSSR count). The molecular weight excluding hydrogens is 272 g/mol. The molecule has 0 aliphatic carbocycles. The van der Waals surface area contributed by atoms with Crippen molar-refractivity contribution in [2.24, 2.45) is 0 Å². The summed E-state index contributed by atoms with van der Waals surface area (Å²) in [5.74, 6) is 0. The molecule has 2 aliphatic heterocycles. The van der Waals surface area contributed by atoms with E-state index in [0.717, 1.165) is 44.3 Å². The fraction of sp³-hybridized carbons (Fsp3) is 0.800. The number of thiazole rings is 1. The van der Waals surface area contributed by atoms with Crippen molar-refractivity contribution in [3.05, 3.63) is 16.1 Å². The maximum atomic E-state index is 6.14. The van der Waals surface area contributed by atoms with Crippen LogP contribution in [0.4, 0.5) is 0 Å². The Morgan fingerprint density at radius 2 is 2.50 bits per heavy atom. The number of aryl methyl sites for hydroxylation is 1. The van der Waals surface area contributed by atoms with Crippen LogP contribution in [0.25, 0.3) is 0 Å². The highest BCUT2D eigenvalue weighted by molar-refractivity contribution is 7.09. The van der Waals surface area contributed by atoms with Crippen LogP contribution in [0.1, 0.15) is 36.9 Å². The first-order valence-electron chi connectivity index (χ1n) is 7.58. The number of likely N-dealkylation sites (tertiary alicyclic amines) is 1. The zero-order valence-electron chi connectivity index (χ0n) is 12.4. The largest absolute Gasteiger partial charge is 0.376 e. The van der Waals surface area contributed by atoms with Crippen molar-refractivity contribution in [2.75, 3.05) is 26.3 Å². The minimum Gasteiger partial charge on any atom is -0.376 e. The Morgan fingerprint density at radius 1 is 1.60 bits per heavy atom. The molecule has 3 heterocycles. The summed E-state index contributed by atoms with van der Waals surface area (Å²) in [6, 6.07) is 0. The van der Waals surface area contributed by atoms with Crippen molar-refractivity contribution in [3.8, 4) is 0 Å². The predicted molar refractivity (Wildman–Crippen MR) is 80.1 cm³/mol. The highest BCUT2D eigenvalue weighted by atomic mass is 32.1. The fourth-order valence-electron chi connectivity index (χ4n) is 3.47. The van der Waals surface area contributed by atoms with Crippen LogP contribution < -0.4 is 0 Å². The van der Waals surface area contributed by atoms with Gasteiger partial charge in [-0.3, -0.25) is 4.90 Å². The molecule has 1 spiro atoms. The Labute approximate surface area is 125 Å². The summed E-state index contributed by atoms with van der Waals surface area (Å²) < 4.78 is 11.9. The van der Waals surface area contributed by atoms with Gasteiger partial charge in [-0.25, -0.2) is 4.98 Å². The van der Waals surface area contributed by atoms with Gasteiger partial charge in [0, 0.05) is 31.5 Å². The Bertz CT molecular complexity index is 451. The molecule has 5 heteroatoms. The molecule has 2 fully saturated rings. The second kappa shape index (κ2) is 6.10. The summed E-state index contributed by atoms with van der Waals surface area (Å²) >= 11 is 1.73. The molecule has 2 atom stereocenters. The van der Waals surface area contributed by atoms with Gasteiger partial charge in [-0.2, -0.15) is 0 Å². The number of hydrogen-bond donors (Lipinski definition) is 0. The molecule has 0 saturated carbocycles. The summed E-state index contributed by atoms with van der Waals surface area (Å²) in [6.45, 7) is 8.80. The predicted octanol–water partition coefficient (Wildman–Crippen LogP) is 2.61. The highest BCUT2D eigenvalue weighted by Crippen LogP contribution is 2.36. The van der Waals surface area contributed by atoms with E-state index in [2.05, 4.69) is 29.1 Å². The monoisotopic (exact) mass is 296 g/mol. The Morgan fingerprint density at radius 3 is 3.25 bits per heavy atom. The third-order valence-corrected chi connectivity index (χ3v) is 5.07. The zero-order chi connectivity index (χ0) is 14.0. The second-order valence-electron chi connectivity index (χ2n) is 5.95. The van der Waals surface area contributed by atoms with Crippen LogP contribution in [0, 0.1) is 6.92 Å². The van der Waals surface area contributed by atoms with Crippen molar-refractivity contribution in [1.29, 1.82) is 0 Å². The van der Waals surface area contributed by atoms with Crippen LogP contribution >= 0.6 is 11.3 Å². The fourth-order valence-corrected chi connectivity index (χ4v) is 4.07. The van der Waals surface area contributed by atoms with Gasteiger partial charge in [0.25, 0.3) is 0 Å². The molecular formula is C15H24N2O2S. The van der Waals surface area contributed by atoms with Gasteiger partial charge in [0.1, 0.15) is 0 Å². The van der Waals surface area contributed by atoms with E-state index in [1.165, 1.54) is 18.5 Å². The third-order valence-electron chi connectivity index (χ3n) is 4.25. The van der Waals surface area contributed by atoms with Crippen molar-refractivity contribution >= 4 is 11.3 Å². The summed E-state index contributed by atoms with van der Waals surface area (Å²) in [5.41, 5.74) is 1.23. The molecule has 2 saturated heterocycles. The van der Waals surface area contributed by atoms with Crippen LogP contribution in [0.3, 0.4) is 0 Å². The van der Waals surface area contributed by atoms with Gasteiger partial charge in [0.15, 0.2) is 0 Å². The number of aromatic nitrogens is 1. The van der Waals surface area contributed by atoms with E-state index in [4.69, 9.17) is 9.47 Å². The standard InChI is InChI=1S/C15H24N2O2S/c1-3-18-14-7-15(19-9-14)5-4-6-17(11-15)8-13-10-20-12(2)16-13/h10,14H,3-9,11H2,1-2H3/t14-,15+/m1/s1. The molecule has 0 amide bonds. The van der Waals surface area contributed by atoms with Crippen LogP contribution in [0.5, 0.6) is 0 Å². The first-order chi connectivity index (χ1) is 9.69. The minimum atomic E-state index is 0.0309. The highest BCUT2D eigenvalue weighted by Gasteiger charge is 2.43. The van der Waals surface area contributed by atoms with Crippen molar-refractivity contribution in [1.82, 2.24) is 9.88 Å². The Balaban J connectivity index is 1.59. The van der Waals surface area contributed by atoms with Gasteiger partial charge in [-0.1, -0.05) is 0 Å². The molecule has 0 aromatic carbocycles. The van der Waals surface area contributed by atoms with Gasteiger partial charge >= 0.3 is 0 Å². The molecule has 112 valence electrons. The summed E-state index contributed by atoms with van der Waals surface area (Å²) in [4.78, 5) is 7.07. The normalized spacial score (nSPS) is 31.2. The Hall–Kier alpha value is -0.490. The first-order valence-corrected chi connectivity index (χ1v) is 8.46. The Kier molecular flexibility index (Phi) is 4.40. The second-order valence-corrected chi connectivity index (χ2v) is 7.01. The van der Waals surface area contributed by atoms with E-state index in [-0.39, 0.29) is 5.60 Å². The lowest BCUT2D eigenvalue weighted by molar-refractivity contribution is -0.0547. The van der Waals surface area contributed by atoms with E-state index in [0.29, 0.717) is 6.10 Å². The molecule has 0 N–H and O–H groups in total. The number of rotatable bonds is 4. The van der Waals surface area contributed by atoms with E-state index < -0.39 is 0 Å². The molecule has 1 aromatic rings. The molecule has 20 heavy (non-hydrogen) atoms. The van der Waals surface area contributed by atoms with Crippen LogP contribution in [-0.4, -0.2) is 47.9 Å². The number of piperidine rings is 1. The summed E-state index contributed by atoms with van der Waals surface area (Å²) in [7, 11) is 0. The summed E-state index contributed by atoms with van der Waals surface area (Å²) in [5, 5.41) is 3.33. The minimum absolute atomic E-state index is 0.0309. The topological polar surface area (TPSA) is 34.6 Å². The van der Waals surface area contributed by atoms with Gasteiger partial charge < -0.3 is 9.47 Å². The maximum absolute atomic E-state index is 6.14. The van der Waals surface area contributed by atoms with E-state index in [1.807, 2.05) is 0 Å². The average molecular weight is 296 g/mol. The number of hydrogen-bond acceptors (Lipinski definition) is 5.